The fourth-order valence-corrected chi connectivity index (χ4v) is 3.45. The highest BCUT2D eigenvalue weighted by molar-refractivity contribution is 5.92. The Morgan fingerprint density at radius 2 is 2.09 bits per heavy atom. The molecule has 1 aromatic heterocycles. The van der Waals surface area contributed by atoms with Crippen molar-refractivity contribution in [1.82, 2.24) is 15.1 Å². The van der Waals surface area contributed by atoms with E-state index < -0.39 is 0 Å². The lowest BCUT2D eigenvalue weighted by Crippen LogP contribution is -2.42. The largest absolute Gasteiger partial charge is 0.396 e. The average molecular weight is 307 g/mol. The molecule has 0 saturated heterocycles. The highest BCUT2D eigenvalue weighted by atomic mass is 16.3. The van der Waals surface area contributed by atoms with Crippen LogP contribution in [0.1, 0.15) is 75.3 Å². The Morgan fingerprint density at radius 3 is 2.77 bits per heavy atom. The van der Waals surface area contributed by atoms with Crippen LogP contribution in [-0.4, -0.2) is 33.4 Å². The lowest BCUT2D eigenvalue weighted by atomic mass is 9.95. The highest BCUT2D eigenvalue weighted by Gasteiger charge is 2.26. The van der Waals surface area contributed by atoms with E-state index in [0.717, 1.165) is 38.5 Å². The molecule has 0 aromatic carbocycles. The highest BCUT2D eigenvalue weighted by Crippen LogP contribution is 2.24. The van der Waals surface area contributed by atoms with Crippen LogP contribution in [0, 0.1) is 5.92 Å². The summed E-state index contributed by atoms with van der Waals surface area (Å²) in [6.45, 7) is 4.38. The zero-order chi connectivity index (χ0) is 15.9. The van der Waals surface area contributed by atoms with E-state index in [2.05, 4.69) is 24.3 Å². The van der Waals surface area contributed by atoms with Crippen LogP contribution >= 0.6 is 0 Å². The Morgan fingerprint density at radius 1 is 1.36 bits per heavy atom. The molecule has 0 radical (unpaired) electrons. The van der Waals surface area contributed by atoms with E-state index in [-0.39, 0.29) is 30.5 Å². The van der Waals surface area contributed by atoms with Gasteiger partial charge in [-0.15, -0.1) is 0 Å². The van der Waals surface area contributed by atoms with Gasteiger partial charge in [0, 0.05) is 24.8 Å². The first kappa shape index (κ1) is 17.0. The van der Waals surface area contributed by atoms with Crippen LogP contribution in [-0.2, 0) is 0 Å². The van der Waals surface area contributed by atoms with Crippen molar-refractivity contribution in [3.05, 3.63) is 18.0 Å². The van der Waals surface area contributed by atoms with Gasteiger partial charge in [-0.05, 0) is 31.7 Å². The minimum Gasteiger partial charge on any atom is -0.396 e. The normalized spacial score (nSPS) is 22.5. The molecule has 2 unspecified atom stereocenters. The molecular weight excluding hydrogens is 278 g/mol. The Bertz CT molecular complexity index is 468. The second kappa shape index (κ2) is 8.32. The molecule has 2 rings (SSSR count). The number of carbonyl (C=O) groups excluding carboxylic acids is 1. The summed E-state index contributed by atoms with van der Waals surface area (Å²) in [5.41, 5.74) is 0.634. The molecule has 1 aliphatic rings. The van der Waals surface area contributed by atoms with Gasteiger partial charge in [0.15, 0.2) is 0 Å². The zero-order valence-electron chi connectivity index (χ0n) is 13.8. The third-order valence-electron chi connectivity index (χ3n) is 4.90. The molecule has 22 heavy (non-hydrogen) atoms. The van der Waals surface area contributed by atoms with Gasteiger partial charge in [-0.2, -0.15) is 5.10 Å². The summed E-state index contributed by atoms with van der Waals surface area (Å²) in [5.74, 6) is 0.116. The van der Waals surface area contributed by atoms with Crippen LogP contribution in [0.15, 0.2) is 12.3 Å². The molecule has 124 valence electrons. The number of hydrogen-bond acceptors (Lipinski definition) is 3. The second-order valence-electron chi connectivity index (χ2n) is 6.29. The summed E-state index contributed by atoms with van der Waals surface area (Å²) in [5, 5.41) is 17.1. The molecule has 1 heterocycles. The van der Waals surface area contributed by atoms with Crippen molar-refractivity contribution in [3.8, 4) is 0 Å². The first-order chi connectivity index (χ1) is 10.7. The van der Waals surface area contributed by atoms with Crippen molar-refractivity contribution in [2.45, 2.75) is 70.9 Å². The van der Waals surface area contributed by atoms with Gasteiger partial charge in [-0.3, -0.25) is 9.48 Å². The van der Waals surface area contributed by atoms with E-state index in [1.807, 2.05) is 4.68 Å². The average Bonchev–Trinajstić information content (AvgIpc) is 2.90. The minimum atomic E-state index is -0.0604. The molecule has 1 fully saturated rings. The summed E-state index contributed by atoms with van der Waals surface area (Å²) < 4.78 is 1.85. The predicted octanol–water partition coefficient (Wildman–Crippen LogP) is 2.92. The Balaban J connectivity index is 2.09. The third kappa shape index (κ3) is 3.88. The lowest BCUT2D eigenvalue weighted by Gasteiger charge is -2.25. The van der Waals surface area contributed by atoms with Crippen molar-refractivity contribution in [3.63, 3.8) is 0 Å². The summed E-state index contributed by atoms with van der Waals surface area (Å²) in [7, 11) is 0. The van der Waals surface area contributed by atoms with E-state index in [1.165, 1.54) is 6.42 Å². The maximum absolute atomic E-state index is 12.7. The van der Waals surface area contributed by atoms with Crippen LogP contribution in [0.5, 0.6) is 0 Å². The molecule has 1 aromatic rings. The maximum atomic E-state index is 12.7. The number of amides is 1. The third-order valence-corrected chi connectivity index (χ3v) is 4.90. The molecule has 0 bridgehead atoms. The molecule has 0 spiro atoms. The van der Waals surface area contributed by atoms with Gasteiger partial charge in [-0.25, -0.2) is 0 Å². The number of nitrogens with zero attached hydrogens (tertiary/aromatic N) is 2. The summed E-state index contributed by atoms with van der Waals surface area (Å²) in [6.07, 6.45) is 9.01. The van der Waals surface area contributed by atoms with Crippen LogP contribution in [0.3, 0.4) is 0 Å². The molecular formula is C17H29N3O2. The lowest BCUT2D eigenvalue weighted by molar-refractivity contribution is 0.0885. The van der Waals surface area contributed by atoms with Crippen molar-refractivity contribution < 1.29 is 9.90 Å². The van der Waals surface area contributed by atoms with Crippen LogP contribution in [0.4, 0.5) is 0 Å². The SMILES string of the molecule is CCC(CC)n1nccc1C(=O)NC1CCCCCC1CO. The number of carbonyl (C=O) groups is 1. The summed E-state index contributed by atoms with van der Waals surface area (Å²) in [6, 6.07) is 2.13. The van der Waals surface area contributed by atoms with E-state index in [0.29, 0.717) is 5.69 Å². The van der Waals surface area contributed by atoms with Crippen molar-refractivity contribution in [1.29, 1.82) is 0 Å². The molecule has 1 amide bonds. The molecule has 2 atom stereocenters. The number of rotatable bonds is 6. The van der Waals surface area contributed by atoms with E-state index >= 15 is 0 Å². The maximum Gasteiger partial charge on any atom is 0.269 e. The quantitative estimate of drug-likeness (QED) is 0.794. The van der Waals surface area contributed by atoms with Gasteiger partial charge in [0.05, 0.1) is 6.04 Å². The number of aliphatic hydroxyl groups is 1. The number of aromatic nitrogens is 2. The van der Waals surface area contributed by atoms with Gasteiger partial charge in [0.2, 0.25) is 0 Å². The fourth-order valence-electron chi connectivity index (χ4n) is 3.45. The van der Waals surface area contributed by atoms with E-state index in [9.17, 15) is 9.90 Å². The first-order valence-electron chi connectivity index (χ1n) is 8.66. The van der Waals surface area contributed by atoms with Gasteiger partial charge < -0.3 is 10.4 Å². The van der Waals surface area contributed by atoms with Gasteiger partial charge in [0.1, 0.15) is 5.69 Å². The van der Waals surface area contributed by atoms with Crippen molar-refractivity contribution >= 4 is 5.91 Å². The van der Waals surface area contributed by atoms with Crippen LogP contribution in [0.2, 0.25) is 0 Å². The van der Waals surface area contributed by atoms with Crippen molar-refractivity contribution in [2.75, 3.05) is 6.61 Å². The monoisotopic (exact) mass is 307 g/mol. The van der Waals surface area contributed by atoms with Crippen LogP contribution < -0.4 is 5.32 Å². The molecule has 5 heteroatoms. The molecule has 0 aliphatic heterocycles. The molecule has 1 aliphatic carbocycles. The smallest absolute Gasteiger partial charge is 0.269 e. The summed E-state index contributed by atoms with van der Waals surface area (Å²) >= 11 is 0. The number of aliphatic hydroxyl groups excluding tert-OH is 1. The predicted molar refractivity (Wildman–Crippen MR) is 86.8 cm³/mol. The standard InChI is InChI=1S/C17H29N3O2/c1-3-14(4-2)20-16(10-11-18-20)17(22)19-15-9-7-5-6-8-13(15)12-21/h10-11,13-15,21H,3-9,12H2,1-2H3,(H,19,22). The molecule has 5 nitrogen and oxygen atoms in total. The van der Waals surface area contributed by atoms with Gasteiger partial charge in [0.25, 0.3) is 5.91 Å². The Labute approximate surface area is 133 Å². The fraction of sp³-hybridized carbons (Fsp3) is 0.765. The Hall–Kier alpha value is -1.36. The number of hydrogen-bond donors (Lipinski definition) is 2. The van der Waals surface area contributed by atoms with Gasteiger partial charge >= 0.3 is 0 Å². The Kier molecular flexibility index (Phi) is 6.43. The van der Waals surface area contributed by atoms with Crippen molar-refractivity contribution in [2.24, 2.45) is 5.92 Å². The topological polar surface area (TPSA) is 67.2 Å². The summed E-state index contributed by atoms with van der Waals surface area (Å²) in [4.78, 5) is 12.7. The minimum absolute atomic E-state index is 0.0604. The van der Waals surface area contributed by atoms with E-state index in [1.54, 1.807) is 12.3 Å². The van der Waals surface area contributed by atoms with Gasteiger partial charge in [-0.1, -0.05) is 33.1 Å². The zero-order valence-corrected chi connectivity index (χ0v) is 13.8. The second-order valence-corrected chi connectivity index (χ2v) is 6.29. The molecule has 1 saturated carbocycles. The van der Waals surface area contributed by atoms with Crippen LogP contribution in [0.25, 0.3) is 0 Å². The molecule has 2 N–H and O–H groups in total. The first-order valence-corrected chi connectivity index (χ1v) is 8.66. The van der Waals surface area contributed by atoms with E-state index in [4.69, 9.17) is 0 Å². The number of nitrogens with one attached hydrogen (secondary N) is 1.